The van der Waals surface area contributed by atoms with Crippen LogP contribution in [0.25, 0.3) is 10.2 Å². The van der Waals surface area contributed by atoms with E-state index in [2.05, 4.69) is 9.97 Å². The van der Waals surface area contributed by atoms with Gasteiger partial charge in [0.15, 0.2) is 10.9 Å². The number of nitrogens with zero attached hydrogens (tertiary/aromatic N) is 4. The molecule has 0 saturated carbocycles. The Hall–Kier alpha value is -4.05. The van der Waals surface area contributed by atoms with Crippen molar-refractivity contribution >= 4 is 50.1 Å². The highest BCUT2D eigenvalue weighted by atomic mass is 32.1. The number of aromatic nitrogens is 2. The number of fused-ring (bicyclic) bond motifs is 1. The lowest BCUT2D eigenvalue weighted by atomic mass is 10.1. The van der Waals surface area contributed by atoms with Crippen LogP contribution >= 0.6 is 11.3 Å². The predicted octanol–water partition coefficient (Wildman–Crippen LogP) is 4.47. The average Bonchev–Trinajstić information content (AvgIpc) is 3.40. The van der Waals surface area contributed by atoms with Crippen LogP contribution in [-0.4, -0.2) is 27.7 Å². The van der Waals surface area contributed by atoms with E-state index in [-0.39, 0.29) is 52.1 Å². The summed E-state index contributed by atoms with van der Waals surface area (Å²) < 4.78 is 28.2. The molecular weight excluding hydrogens is 462 g/mol. The molecule has 1 saturated heterocycles. The van der Waals surface area contributed by atoms with Crippen molar-refractivity contribution in [2.24, 2.45) is 0 Å². The molecule has 3 amide bonds. The van der Waals surface area contributed by atoms with E-state index in [9.17, 15) is 23.2 Å². The molecule has 170 valence electrons. The fraction of sp³-hybridized carbons (Fsp3) is 0.125. The summed E-state index contributed by atoms with van der Waals surface area (Å²) in [5, 5.41) is 0.184. The lowest BCUT2D eigenvalue weighted by Crippen LogP contribution is -2.31. The van der Waals surface area contributed by atoms with Crippen molar-refractivity contribution in [1.29, 1.82) is 0 Å². The van der Waals surface area contributed by atoms with Gasteiger partial charge in [-0.2, -0.15) is 0 Å². The van der Waals surface area contributed by atoms with E-state index in [1.807, 2.05) is 0 Å². The highest BCUT2D eigenvalue weighted by Gasteiger charge is 2.30. The Bertz CT molecular complexity index is 1410. The molecule has 0 spiro atoms. The molecular formula is C24H16F2N4O3S. The Balaban J connectivity index is 1.51. The summed E-state index contributed by atoms with van der Waals surface area (Å²) in [7, 11) is 0. The fourth-order valence-corrected chi connectivity index (χ4v) is 4.72. The van der Waals surface area contributed by atoms with E-state index in [1.54, 1.807) is 24.4 Å². The Morgan fingerprint density at radius 1 is 1.03 bits per heavy atom. The number of hydrogen-bond acceptors (Lipinski definition) is 6. The van der Waals surface area contributed by atoms with Crippen LogP contribution in [-0.2, 0) is 16.1 Å². The third-order valence-electron chi connectivity index (χ3n) is 5.35. The summed E-state index contributed by atoms with van der Waals surface area (Å²) in [6.07, 6.45) is 1.91. The molecule has 2 aromatic heterocycles. The number of rotatable bonds is 5. The van der Waals surface area contributed by atoms with E-state index in [4.69, 9.17) is 0 Å². The van der Waals surface area contributed by atoms with Gasteiger partial charge in [-0.1, -0.05) is 17.4 Å². The monoisotopic (exact) mass is 478 g/mol. The number of halogens is 2. The van der Waals surface area contributed by atoms with Crippen LogP contribution in [0.15, 0.2) is 60.8 Å². The first-order valence-corrected chi connectivity index (χ1v) is 11.2. The first kappa shape index (κ1) is 21.8. The summed E-state index contributed by atoms with van der Waals surface area (Å²) >= 11 is 0.989. The summed E-state index contributed by atoms with van der Waals surface area (Å²) in [6.45, 7) is 0.0500. The molecule has 34 heavy (non-hydrogen) atoms. The molecule has 3 heterocycles. The fourth-order valence-electron chi connectivity index (χ4n) is 3.71. The maximum atomic E-state index is 14.3. The maximum Gasteiger partial charge on any atom is 0.260 e. The molecule has 1 fully saturated rings. The van der Waals surface area contributed by atoms with E-state index < -0.39 is 17.5 Å². The second kappa shape index (κ2) is 8.71. The van der Waals surface area contributed by atoms with Gasteiger partial charge >= 0.3 is 0 Å². The lowest BCUT2D eigenvalue weighted by molar-refractivity contribution is -0.121. The van der Waals surface area contributed by atoms with Crippen molar-refractivity contribution in [2.45, 2.75) is 19.4 Å². The summed E-state index contributed by atoms with van der Waals surface area (Å²) in [5.74, 6) is -2.57. The zero-order valence-electron chi connectivity index (χ0n) is 17.6. The quantitative estimate of drug-likeness (QED) is 0.395. The molecule has 7 nitrogen and oxygen atoms in total. The Morgan fingerprint density at radius 2 is 1.76 bits per heavy atom. The molecule has 0 aliphatic carbocycles. The van der Waals surface area contributed by atoms with Crippen LogP contribution in [0, 0.1) is 11.6 Å². The van der Waals surface area contributed by atoms with Gasteiger partial charge in [0.2, 0.25) is 11.8 Å². The number of benzene rings is 2. The van der Waals surface area contributed by atoms with Crippen LogP contribution in [0.5, 0.6) is 0 Å². The molecule has 0 N–H and O–H groups in total. The first-order valence-electron chi connectivity index (χ1n) is 10.3. The topological polar surface area (TPSA) is 83.5 Å². The Labute approximate surface area is 196 Å². The SMILES string of the molecule is O=C(c1ccc(N2C(=O)CCC2=O)cc1)N(Cc1ccccn1)c1nc2c(F)cc(F)cc2s1. The van der Waals surface area contributed by atoms with E-state index in [0.717, 1.165) is 22.3 Å². The van der Waals surface area contributed by atoms with Crippen LogP contribution in [0.2, 0.25) is 0 Å². The van der Waals surface area contributed by atoms with Crippen molar-refractivity contribution in [3.8, 4) is 0 Å². The molecule has 10 heteroatoms. The lowest BCUT2D eigenvalue weighted by Gasteiger charge is -2.20. The third-order valence-corrected chi connectivity index (χ3v) is 6.37. The van der Waals surface area contributed by atoms with Gasteiger partial charge in [0.25, 0.3) is 5.91 Å². The van der Waals surface area contributed by atoms with Crippen molar-refractivity contribution in [3.63, 3.8) is 0 Å². The molecule has 1 aliphatic rings. The van der Waals surface area contributed by atoms with Gasteiger partial charge in [-0.05, 0) is 42.5 Å². The van der Waals surface area contributed by atoms with Gasteiger partial charge in [-0.15, -0.1) is 0 Å². The predicted molar refractivity (Wildman–Crippen MR) is 122 cm³/mol. The second-order valence-corrected chi connectivity index (χ2v) is 8.62. The van der Waals surface area contributed by atoms with Crippen LogP contribution < -0.4 is 9.80 Å². The van der Waals surface area contributed by atoms with Gasteiger partial charge < -0.3 is 0 Å². The average molecular weight is 478 g/mol. The van der Waals surface area contributed by atoms with Crippen LogP contribution in [0.1, 0.15) is 28.9 Å². The zero-order valence-corrected chi connectivity index (χ0v) is 18.4. The Morgan fingerprint density at radius 3 is 2.44 bits per heavy atom. The highest BCUT2D eigenvalue weighted by molar-refractivity contribution is 7.22. The van der Waals surface area contributed by atoms with Gasteiger partial charge in [0.05, 0.1) is 22.6 Å². The smallest absolute Gasteiger partial charge is 0.260 e. The summed E-state index contributed by atoms with van der Waals surface area (Å²) in [6, 6.07) is 13.2. The minimum Gasteiger partial charge on any atom is -0.278 e. The van der Waals surface area contributed by atoms with Crippen molar-refractivity contribution in [2.75, 3.05) is 9.80 Å². The Kier molecular flexibility index (Phi) is 5.58. The number of carbonyl (C=O) groups is 3. The third kappa shape index (κ3) is 4.03. The minimum atomic E-state index is -0.813. The molecule has 0 bridgehead atoms. The van der Waals surface area contributed by atoms with Crippen LogP contribution in [0.4, 0.5) is 19.6 Å². The normalized spacial score (nSPS) is 13.6. The van der Waals surface area contributed by atoms with Gasteiger partial charge in [-0.25, -0.2) is 13.8 Å². The largest absolute Gasteiger partial charge is 0.278 e. The van der Waals surface area contributed by atoms with E-state index in [0.29, 0.717) is 11.4 Å². The van der Waals surface area contributed by atoms with Crippen molar-refractivity contribution in [3.05, 3.63) is 83.7 Å². The molecule has 4 aromatic rings. The zero-order chi connectivity index (χ0) is 23.8. The molecule has 0 unspecified atom stereocenters. The number of pyridine rings is 1. The minimum absolute atomic E-state index is 0.0263. The van der Waals surface area contributed by atoms with Gasteiger partial charge in [0, 0.05) is 30.7 Å². The second-order valence-electron chi connectivity index (χ2n) is 7.61. The summed E-state index contributed by atoms with van der Waals surface area (Å²) in [5.41, 5.74) is 1.20. The number of thiazole rings is 1. The molecule has 1 aliphatic heterocycles. The van der Waals surface area contributed by atoms with Crippen molar-refractivity contribution < 1.29 is 23.2 Å². The molecule has 0 radical (unpaired) electrons. The number of imide groups is 1. The number of hydrogen-bond donors (Lipinski definition) is 0. The number of amides is 3. The highest BCUT2D eigenvalue weighted by Crippen LogP contribution is 2.33. The van der Waals surface area contributed by atoms with Gasteiger partial charge in [0.1, 0.15) is 11.3 Å². The molecule has 5 rings (SSSR count). The van der Waals surface area contributed by atoms with Gasteiger partial charge in [-0.3, -0.25) is 29.2 Å². The number of anilines is 2. The van der Waals surface area contributed by atoms with Crippen LogP contribution in [0.3, 0.4) is 0 Å². The van der Waals surface area contributed by atoms with E-state index >= 15 is 0 Å². The summed E-state index contributed by atoms with van der Waals surface area (Å²) in [4.78, 5) is 48.4. The van der Waals surface area contributed by atoms with Crippen molar-refractivity contribution in [1.82, 2.24) is 9.97 Å². The standard InChI is InChI=1S/C24H16F2N4O3S/c25-15-11-18(26)22-19(12-15)34-24(28-22)29(13-16-3-1-2-10-27-16)23(33)14-4-6-17(7-5-14)30-20(31)8-9-21(30)32/h1-7,10-12H,8-9,13H2. The van der Waals surface area contributed by atoms with E-state index in [1.165, 1.54) is 35.2 Å². The maximum absolute atomic E-state index is 14.3. The molecule has 2 aromatic carbocycles. The first-order chi connectivity index (χ1) is 16.4. The molecule has 0 atom stereocenters. The number of carbonyl (C=O) groups excluding carboxylic acids is 3.